The molecule has 0 aliphatic carbocycles. The topological polar surface area (TPSA) is 63.6 Å². The summed E-state index contributed by atoms with van der Waals surface area (Å²) in [5, 5.41) is 8.77. The van der Waals surface area contributed by atoms with E-state index in [0.29, 0.717) is 6.42 Å². The highest BCUT2D eigenvalue weighted by atomic mass is 16.5. The third-order valence-corrected chi connectivity index (χ3v) is 7.83. The molecule has 4 heteroatoms. The zero-order valence-electron chi connectivity index (χ0n) is 25.8. The number of aliphatic carboxylic acids is 1. The molecule has 0 bridgehead atoms. The summed E-state index contributed by atoms with van der Waals surface area (Å²) in [6.07, 6.45) is 34.0. The summed E-state index contributed by atoms with van der Waals surface area (Å²) in [5.41, 5.74) is 0. The number of carboxylic acids is 1. The van der Waals surface area contributed by atoms with E-state index in [1.54, 1.807) is 0 Å². The van der Waals surface area contributed by atoms with Gasteiger partial charge in [0.05, 0.1) is 0 Å². The number of carbonyl (C=O) groups excluding carboxylic acids is 1. The second-order valence-corrected chi connectivity index (χ2v) is 11.7. The van der Waals surface area contributed by atoms with Crippen molar-refractivity contribution in [2.24, 2.45) is 0 Å². The molecule has 0 aliphatic heterocycles. The first-order valence-corrected chi connectivity index (χ1v) is 17.0. The molecule has 0 radical (unpaired) electrons. The molecule has 226 valence electrons. The van der Waals surface area contributed by atoms with E-state index in [1.165, 1.54) is 109 Å². The molecule has 38 heavy (non-hydrogen) atoms. The summed E-state index contributed by atoms with van der Waals surface area (Å²) >= 11 is 0. The van der Waals surface area contributed by atoms with Gasteiger partial charge in [0.2, 0.25) is 0 Å². The lowest BCUT2D eigenvalue weighted by molar-refractivity contribution is -0.150. The average Bonchev–Trinajstić information content (AvgIpc) is 2.89. The van der Waals surface area contributed by atoms with Crippen LogP contribution in [0.1, 0.15) is 200 Å². The molecule has 0 aromatic carbocycles. The molecule has 1 N–H and O–H groups in total. The zero-order valence-corrected chi connectivity index (χ0v) is 25.8. The minimum atomic E-state index is -0.698. The molecule has 1 atom stereocenters. The highest BCUT2D eigenvalue weighted by molar-refractivity contribution is 5.69. The summed E-state index contributed by atoms with van der Waals surface area (Å²) in [6, 6.07) is 0. The Morgan fingerprint density at radius 3 is 1.16 bits per heavy atom. The highest BCUT2D eigenvalue weighted by Gasteiger charge is 2.14. The van der Waals surface area contributed by atoms with Crippen molar-refractivity contribution in [3.63, 3.8) is 0 Å². The second kappa shape index (κ2) is 30.5. The normalized spacial score (nSPS) is 12.1. The Labute approximate surface area is 237 Å². The number of carboxylic acid groups (broad SMARTS) is 1. The largest absolute Gasteiger partial charge is 0.481 e. The smallest absolute Gasteiger partial charge is 0.306 e. The monoisotopic (exact) mass is 538 g/mol. The van der Waals surface area contributed by atoms with Crippen LogP contribution in [0.2, 0.25) is 0 Å². The van der Waals surface area contributed by atoms with Crippen LogP contribution >= 0.6 is 0 Å². The van der Waals surface area contributed by atoms with Crippen molar-refractivity contribution in [3.05, 3.63) is 0 Å². The van der Waals surface area contributed by atoms with Gasteiger partial charge in [0, 0.05) is 12.8 Å². The van der Waals surface area contributed by atoms with E-state index in [1.807, 2.05) is 0 Å². The lowest BCUT2D eigenvalue weighted by Gasteiger charge is -2.18. The molecule has 4 nitrogen and oxygen atoms in total. The van der Waals surface area contributed by atoms with E-state index in [9.17, 15) is 9.59 Å². The molecule has 0 amide bonds. The van der Waals surface area contributed by atoms with E-state index in [0.717, 1.165) is 64.2 Å². The van der Waals surface area contributed by atoms with Gasteiger partial charge in [-0.25, -0.2) is 0 Å². The maximum absolute atomic E-state index is 12.5. The van der Waals surface area contributed by atoms with Crippen LogP contribution in [-0.4, -0.2) is 23.1 Å². The lowest BCUT2D eigenvalue weighted by Crippen LogP contribution is -2.18. The Bertz CT molecular complexity index is 505. The van der Waals surface area contributed by atoms with Gasteiger partial charge in [-0.15, -0.1) is 0 Å². The van der Waals surface area contributed by atoms with Gasteiger partial charge in [0.15, 0.2) is 0 Å². The van der Waals surface area contributed by atoms with Crippen LogP contribution in [0.5, 0.6) is 0 Å². The summed E-state index contributed by atoms with van der Waals surface area (Å²) in [7, 11) is 0. The molecule has 0 aromatic rings. The minimum absolute atomic E-state index is 0.00128. The summed E-state index contributed by atoms with van der Waals surface area (Å²) < 4.78 is 5.95. The molecule has 0 aromatic heterocycles. The van der Waals surface area contributed by atoms with Gasteiger partial charge in [0.25, 0.3) is 0 Å². The minimum Gasteiger partial charge on any atom is -0.481 e. The summed E-state index contributed by atoms with van der Waals surface area (Å²) in [6.45, 7) is 4.52. The van der Waals surface area contributed by atoms with E-state index in [4.69, 9.17) is 9.84 Å². The van der Waals surface area contributed by atoms with Crippen LogP contribution in [0.25, 0.3) is 0 Å². The van der Waals surface area contributed by atoms with Crippen LogP contribution in [0.15, 0.2) is 0 Å². The van der Waals surface area contributed by atoms with Gasteiger partial charge in [-0.05, 0) is 38.5 Å². The molecule has 0 heterocycles. The number of carbonyl (C=O) groups is 2. The predicted molar refractivity (Wildman–Crippen MR) is 163 cm³/mol. The summed E-state index contributed by atoms with van der Waals surface area (Å²) in [5.74, 6) is -0.697. The number of hydrogen-bond donors (Lipinski definition) is 1. The van der Waals surface area contributed by atoms with Crippen LogP contribution in [0.3, 0.4) is 0 Å². The van der Waals surface area contributed by atoms with Gasteiger partial charge >= 0.3 is 11.9 Å². The standard InChI is InChI=1S/C34H66O4/c1-3-5-7-9-11-13-14-15-16-17-20-24-28-32(29-25-21-19-22-26-30-33(35)36)38-34(37)31-27-23-18-12-10-8-6-4-2/h32H,3-31H2,1-2H3,(H,35,36). The van der Waals surface area contributed by atoms with Gasteiger partial charge in [0.1, 0.15) is 6.10 Å². The van der Waals surface area contributed by atoms with Crippen molar-refractivity contribution < 1.29 is 19.4 Å². The van der Waals surface area contributed by atoms with E-state index >= 15 is 0 Å². The lowest BCUT2D eigenvalue weighted by atomic mass is 10.0. The zero-order chi connectivity index (χ0) is 27.9. The highest BCUT2D eigenvalue weighted by Crippen LogP contribution is 2.19. The van der Waals surface area contributed by atoms with E-state index in [2.05, 4.69) is 13.8 Å². The Morgan fingerprint density at radius 1 is 0.474 bits per heavy atom. The molecule has 0 rings (SSSR count). The van der Waals surface area contributed by atoms with E-state index in [-0.39, 0.29) is 18.5 Å². The number of hydrogen-bond acceptors (Lipinski definition) is 3. The molecule has 0 spiro atoms. The van der Waals surface area contributed by atoms with Crippen LogP contribution < -0.4 is 0 Å². The van der Waals surface area contributed by atoms with Crippen molar-refractivity contribution in [2.45, 2.75) is 206 Å². The van der Waals surface area contributed by atoms with Gasteiger partial charge in [-0.1, -0.05) is 149 Å². The van der Waals surface area contributed by atoms with Crippen molar-refractivity contribution in [1.29, 1.82) is 0 Å². The number of unbranched alkanes of at least 4 members (excludes halogenated alkanes) is 22. The molecule has 1 unspecified atom stereocenters. The summed E-state index contributed by atoms with van der Waals surface area (Å²) in [4.78, 5) is 23.2. The molecule has 0 fully saturated rings. The fraction of sp³-hybridized carbons (Fsp3) is 0.941. The number of esters is 1. The third kappa shape index (κ3) is 29.5. The molecule has 0 aliphatic rings. The Kier molecular flexibility index (Phi) is 29.6. The Morgan fingerprint density at radius 2 is 0.789 bits per heavy atom. The van der Waals surface area contributed by atoms with Crippen molar-refractivity contribution in [1.82, 2.24) is 0 Å². The SMILES string of the molecule is CCCCCCCCCCCCCCC(CCCCCCCC(=O)O)OC(=O)CCCCCCCCCC. The predicted octanol–water partition coefficient (Wildman–Crippen LogP) is 11.3. The van der Waals surface area contributed by atoms with Crippen molar-refractivity contribution in [2.75, 3.05) is 0 Å². The van der Waals surface area contributed by atoms with E-state index < -0.39 is 5.97 Å². The average molecular weight is 539 g/mol. The first kappa shape index (κ1) is 36.9. The van der Waals surface area contributed by atoms with Gasteiger partial charge in [-0.2, -0.15) is 0 Å². The van der Waals surface area contributed by atoms with Gasteiger partial charge in [-0.3, -0.25) is 9.59 Å². The Hall–Kier alpha value is -1.06. The number of ether oxygens (including phenoxy) is 1. The Balaban J connectivity index is 4.03. The molecule has 0 saturated carbocycles. The fourth-order valence-corrected chi connectivity index (χ4v) is 5.30. The second-order valence-electron chi connectivity index (χ2n) is 11.7. The van der Waals surface area contributed by atoms with Crippen molar-refractivity contribution >= 4 is 11.9 Å². The molecular formula is C34H66O4. The van der Waals surface area contributed by atoms with Crippen LogP contribution in [0, 0.1) is 0 Å². The van der Waals surface area contributed by atoms with Crippen LogP contribution in [0.4, 0.5) is 0 Å². The maximum Gasteiger partial charge on any atom is 0.306 e. The molecule has 0 saturated heterocycles. The third-order valence-electron chi connectivity index (χ3n) is 7.83. The fourth-order valence-electron chi connectivity index (χ4n) is 5.30. The molecular weight excluding hydrogens is 472 g/mol. The first-order chi connectivity index (χ1) is 18.6. The quantitative estimate of drug-likeness (QED) is 0.0704. The van der Waals surface area contributed by atoms with Crippen LogP contribution in [-0.2, 0) is 14.3 Å². The van der Waals surface area contributed by atoms with Gasteiger partial charge < -0.3 is 9.84 Å². The number of rotatable bonds is 31. The first-order valence-electron chi connectivity index (χ1n) is 17.0. The maximum atomic E-state index is 12.5. The van der Waals surface area contributed by atoms with Crippen molar-refractivity contribution in [3.8, 4) is 0 Å².